The third kappa shape index (κ3) is 3.31. The van der Waals surface area contributed by atoms with Gasteiger partial charge in [0.25, 0.3) is 0 Å². The smallest absolute Gasteiger partial charge is 0.248 e. The van der Waals surface area contributed by atoms with E-state index in [4.69, 9.17) is 4.42 Å². The standard InChI is InChI=1S/C16H10BrFN6O/c17-13-4-2-1-3-12(13)16-21-19-14(25-16)9-24-22-15(20-23-24)10-5-7-11(18)8-6-10/h1-8H,9H2. The summed E-state index contributed by atoms with van der Waals surface area (Å²) in [6, 6.07) is 13.4. The molecule has 0 unspecified atom stereocenters. The molecule has 0 spiro atoms. The first kappa shape index (κ1) is 15.6. The fraction of sp³-hybridized carbons (Fsp3) is 0.0625. The quantitative estimate of drug-likeness (QED) is 0.522. The minimum Gasteiger partial charge on any atom is -0.419 e. The van der Waals surface area contributed by atoms with E-state index in [1.165, 1.54) is 16.9 Å². The number of tetrazole rings is 1. The minimum absolute atomic E-state index is 0.186. The number of aromatic nitrogens is 6. The van der Waals surface area contributed by atoms with Crippen LogP contribution in [0.25, 0.3) is 22.8 Å². The molecule has 0 fully saturated rings. The van der Waals surface area contributed by atoms with Crippen molar-refractivity contribution in [3.63, 3.8) is 0 Å². The second-order valence-corrected chi connectivity index (χ2v) is 5.99. The van der Waals surface area contributed by atoms with Gasteiger partial charge in [-0.3, -0.25) is 0 Å². The Labute approximate surface area is 149 Å². The van der Waals surface area contributed by atoms with Crippen LogP contribution in [0.1, 0.15) is 5.89 Å². The number of nitrogens with zero attached hydrogens (tertiary/aromatic N) is 6. The lowest BCUT2D eigenvalue weighted by molar-refractivity contribution is 0.446. The van der Waals surface area contributed by atoms with Crippen molar-refractivity contribution in [2.45, 2.75) is 6.54 Å². The van der Waals surface area contributed by atoms with Gasteiger partial charge in [0, 0.05) is 10.0 Å². The summed E-state index contributed by atoms with van der Waals surface area (Å²) in [6.07, 6.45) is 0. The molecule has 4 rings (SSSR count). The van der Waals surface area contributed by atoms with Gasteiger partial charge in [0.1, 0.15) is 12.4 Å². The Bertz CT molecular complexity index is 1010. The molecule has 0 saturated carbocycles. The Hall–Kier alpha value is -2.94. The topological polar surface area (TPSA) is 82.5 Å². The van der Waals surface area contributed by atoms with Crippen LogP contribution in [0.5, 0.6) is 0 Å². The molecule has 124 valence electrons. The van der Waals surface area contributed by atoms with Crippen LogP contribution in [-0.2, 0) is 6.54 Å². The highest BCUT2D eigenvalue weighted by Crippen LogP contribution is 2.26. The molecule has 0 amide bonds. The third-order valence-corrected chi connectivity index (χ3v) is 4.09. The van der Waals surface area contributed by atoms with E-state index in [9.17, 15) is 4.39 Å². The van der Waals surface area contributed by atoms with Crippen molar-refractivity contribution in [2.24, 2.45) is 0 Å². The van der Waals surface area contributed by atoms with Gasteiger partial charge in [-0.15, -0.1) is 20.4 Å². The van der Waals surface area contributed by atoms with Crippen LogP contribution in [-0.4, -0.2) is 30.4 Å². The largest absolute Gasteiger partial charge is 0.419 e. The highest BCUT2D eigenvalue weighted by molar-refractivity contribution is 9.10. The first-order valence-electron chi connectivity index (χ1n) is 7.30. The van der Waals surface area contributed by atoms with Gasteiger partial charge < -0.3 is 4.42 Å². The molecule has 0 aliphatic carbocycles. The predicted molar refractivity (Wildman–Crippen MR) is 89.7 cm³/mol. The third-order valence-electron chi connectivity index (χ3n) is 3.40. The van der Waals surface area contributed by atoms with Crippen molar-refractivity contribution in [1.29, 1.82) is 0 Å². The molecule has 0 aliphatic heterocycles. The molecule has 0 bridgehead atoms. The maximum absolute atomic E-state index is 13.0. The van der Waals surface area contributed by atoms with E-state index in [2.05, 4.69) is 41.5 Å². The monoisotopic (exact) mass is 400 g/mol. The molecule has 0 radical (unpaired) electrons. The maximum Gasteiger partial charge on any atom is 0.248 e. The molecular weight excluding hydrogens is 391 g/mol. The van der Waals surface area contributed by atoms with Crippen molar-refractivity contribution in [3.8, 4) is 22.8 Å². The summed E-state index contributed by atoms with van der Waals surface area (Å²) in [7, 11) is 0. The summed E-state index contributed by atoms with van der Waals surface area (Å²) >= 11 is 3.45. The first-order valence-corrected chi connectivity index (χ1v) is 8.09. The number of rotatable bonds is 4. The van der Waals surface area contributed by atoms with Crippen LogP contribution in [0.15, 0.2) is 57.4 Å². The summed E-state index contributed by atoms with van der Waals surface area (Å²) < 4.78 is 19.5. The molecule has 9 heteroatoms. The number of hydrogen-bond donors (Lipinski definition) is 0. The van der Waals surface area contributed by atoms with Crippen molar-refractivity contribution >= 4 is 15.9 Å². The van der Waals surface area contributed by atoms with Crippen molar-refractivity contribution < 1.29 is 8.81 Å². The van der Waals surface area contributed by atoms with Crippen molar-refractivity contribution in [2.75, 3.05) is 0 Å². The van der Waals surface area contributed by atoms with E-state index in [0.29, 0.717) is 23.2 Å². The van der Waals surface area contributed by atoms with Crippen LogP contribution in [0.4, 0.5) is 4.39 Å². The fourth-order valence-corrected chi connectivity index (χ4v) is 2.66. The average molecular weight is 401 g/mol. The zero-order valence-corrected chi connectivity index (χ0v) is 14.3. The molecular formula is C16H10BrFN6O. The van der Waals surface area contributed by atoms with Gasteiger partial charge in [0.05, 0.1) is 5.56 Å². The molecule has 2 heterocycles. The molecule has 2 aromatic heterocycles. The predicted octanol–water partition coefficient (Wildman–Crippen LogP) is 3.34. The molecule has 25 heavy (non-hydrogen) atoms. The highest BCUT2D eigenvalue weighted by Gasteiger charge is 2.13. The maximum atomic E-state index is 13.0. The Balaban J connectivity index is 1.54. The molecule has 0 aliphatic rings. The lowest BCUT2D eigenvalue weighted by atomic mass is 10.2. The Morgan fingerprint density at radius 2 is 1.80 bits per heavy atom. The molecule has 0 atom stereocenters. The van der Waals surface area contributed by atoms with Gasteiger partial charge >= 0.3 is 0 Å². The van der Waals surface area contributed by atoms with Crippen LogP contribution in [0.2, 0.25) is 0 Å². The summed E-state index contributed by atoms with van der Waals surface area (Å²) in [5.74, 6) is 0.835. The van der Waals surface area contributed by atoms with Crippen LogP contribution < -0.4 is 0 Å². The van der Waals surface area contributed by atoms with E-state index in [1.807, 2.05) is 24.3 Å². The average Bonchev–Trinajstić information content (AvgIpc) is 3.26. The summed E-state index contributed by atoms with van der Waals surface area (Å²) in [4.78, 5) is 1.34. The van der Waals surface area contributed by atoms with E-state index in [0.717, 1.165) is 10.0 Å². The molecule has 4 aromatic rings. The first-order chi connectivity index (χ1) is 12.2. The van der Waals surface area contributed by atoms with Crippen LogP contribution in [0.3, 0.4) is 0 Å². The number of halogens is 2. The van der Waals surface area contributed by atoms with Crippen LogP contribution in [0, 0.1) is 5.82 Å². The lowest BCUT2D eigenvalue weighted by Gasteiger charge is -1.97. The van der Waals surface area contributed by atoms with Crippen molar-refractivity contribution in [1.82, 2.24) is 30.4 Å². The molecule has 0 N–H and O–H groups in total. The Kier molecular flexibility index (Phi) is 4.06. The normalized spacial score (nSPS) is 11.0. The van der Waals surface area contributed by atoms with Crippen LogP contribution >= 0.6 is 15.9 Å². The van der Waals surface area contributed by atoms with E-state index in [-0.39, 0.29) is 12.4 Å². The van der Waals surface area contributed by atoms with E-state index >= 15 is 0 Å². The summed E-state index contributed by atoms with van der Waals surface area (Å²) in [5.41, 5.74) is 1.48. The SMILES string of the molecule is Fc1ccc(-c2nnn(Cc3nnc(-c4ccccc4Br)o3)n2)cc1. The Morgan fingerprint density at radius 1 is 1.00 bits per heavy atom. The lowest BCUT2D eigenvalue weighted by Crippen LogP contribution is -2.04. The second-order valence-electron chi connectivity index (χ2n) is 5.13. The zero-order valence-electron chi connectivity index (χ0n) is 12.7. The minimum atomic E-state index is -0.318. The summed E-state index contributed by atoms with van der Waals surface area (Å²) in [6.45, 7) is 0.186. The van der Waals surface area contributed by atoms with Gasteiger partial charge in [-0.25, -0.2) is 4.39 Å². The second kappa shape index (κ2) is 6.52. The Morgan fingerprint density at radius 3 is 2.60 bits per heavy atom. The molecule has 2 aromatic carbocycles. The summed E-state index contributed by atoms with van der Waals surface area (Å²) in [5, 5.41) is 20.2. The number of benzene rings is 2. The molecule has 0 saturated heterocycles. The van der Waals surface area contributed by atoms with Gasteiger partial charge in [0.15, 0.2) is 0 Å². The van der Waals surface area contributed by atoms with Gasteiger partial charge in [-0.2, -0.15) is 4.80 Å². The zero-order chi connectivity index (χ0) is 17.2. The molecule has 7 nitrogen and oxygen atoms in total. The highest BCUT2D eigenvalue weighted by atomic mass is 79.9. The van der Waals surface area contributed by atoms with Gasteiger partial charge in [-0.05, 0) is 57.5 Å². The van der Waals surface area contributed by atoms with E-state index < -0.39 is 0 Å². The fourth-order valence-electron chi connectivity index (χ4n) is 2.21. The number of hydrogen-bond acceptors (Lipinski definition) is 6. The van der Waals surface area contributed by atoms with Gasteiger partial charge in [-0.1, -0.05) is 12.1 Å². The van der Waals surface area contributed by atoms with E-state index in [1.54, 1.807) is 12.1 Å². The van der Waals surface area contributed by atoms with Gasteiger partial charge in [0.2, 0.25) is 17.6 Å². The van der Waals surface area contributed by atoms with Crippen molar-refractivity contribution in [3.05, 3.63) is 64.7 Å².